The fourth-order valence-corrected chi connectivity index (χ4v) is 2.57. The second-order valence-electron chi connectivity index (χ2n) is 6.44. The molecule has 2 heteroatoms. The van der Waals surface area contributed by atoms with Crippen molar-refractivity contribution in [3.63, 3.8) is 0 Å². The molecule has 0 aliphatic carbocycles. The first-order valence-electron chi connectivity index (χ1n) is 9.49. The summed E-state index contributed by atoms with van der Waals surface area (Å²) < 4.78 is 5.35. The predicted molar refractivity (Wildman–Crippen MR) is 96.0 cm³/mol. The molecule has 0 aliphatic rings. The van der Waals surface area contributed by atoms with E-state index in [1.165, 1.54) is 57.8 Å². The molecular weight excluding hydrogens is 272 g/mol. The summed E-state index contributed by atoms with van der Waals surface area (Å²) in [6.07, 6.45) is 15.4. The standard InChI is InChI=1S/C20H38O2/c1-5-8-10-11-12-13-17-22-20(21)18(4)15-16-19(7-3)14-9-6-2/h15,19H,5-14,16-17H2,1-4H3. The van der Waals surface area contributed by atoms with E-state index in [0.29, 0.717) is 12.5 Å². The van der Waals surface area contributed by atoms with Crippen LogP contribution in [0.15, 0.2) is 11.6 Å². The van der Waals surface area contributed by atoms with Crippen LogP contribution in [-0.4, -0.2) is 12.6 Å². The van der Waals surface area contributed by atoms with Gasteiger partial charge in [0.1, 0.15) is 0 Å². The summed E-state index contributed by atoms with van der Waals surface area (Å²) in [7, 11) is 0. The minimum atomic E-state index is -0.126. The molecule has 0 N–H and O–H groups in total. The van der Waals surface area contributed by atoms with Crippen molar-refractivity contribution in [3.05, 3.63) is 11.6 Å². The van der Waals surface area contributed by atoms with Crippen LogP contribution in [-0.2, 0) is 9.53 Å². The van der Waals surface area contributed by atoms with Crippen LogP contribution in [0.3, 0.4) is 0 Å². The summed E-state index contributed by atoms with van der Waals surface area (Å²) in [5, 5.41) is 0. The summed E-state index contributed by atoms with van der Waals surface area (Å²) in [4.78, 5) is 11.9. The number of carbonyl (C=O) groups excluding carboxylic acids is 1. The largest absolute Gasteiger partial charge is 0.462 e. The first kappa shape index (κ1) is 21.2. The van der Waals surface area contributed by atoms with Crippen LogP contribution in [0.2, 0.25) is 0 Å². The third-order valence-corrected chi connectivity index (χ3v) is 4.35. The van der Waals surface area contributed by atoms with Crippen LogP contribution >= 0.6 is 0 Å². The highest BCUT2D eigenvalue weighted by Crippen LogP contribution is 2.18. The van der Waals surface area contributed by atoms with Gasteiger partial charge in [-0.05, 0) is 25.7 Å². The Bertz CT molecular complexity index is 294. The van der Waals surface area contributed by atoms with Crippen LogP contribution in [0, 0.1) is 5.92 Å². The molecule has 0 spiro atoms. The second kappa shape index (κ2) is 15.1. The topological polar surface area (TPSA) is 26.3 Å². The van der Waals surface area contributed by atoms with Gasteiger partial charge in [-0.15, -0.1) is 0 Å². The molecule has 130 valence electrons. The number of esters is 1. The summed E-state index contributed by atoms with van der Waals surface area (Å²) in [5.41, 5.74) is 0.779. The number of carbonyl (C=O) groups is 1. The van der Waals surface area contributed by atoms with Gasteiger partial charge in [0.05, 0.1) is 6.61 Å². The molecule has 22 heavy (non-hydrogen) atoms. The smallest absolute Gasteiger partial charge is 0.333 e. The van der Waals surface area contributed by atoms with Crippen molar-refractivity contribution in [1.82, 2.24) is 0 Å². The highest BCUT2D eigenvalue weighted by Gasteiger charge is 2.08. The van der Waals surface area contributed by atoms with Gasteiger partial charge in [0, 0.05) is 5.57 Å². The van der Waals surface area contributed by atoms with E-state index in [1.54, 1.807) is 0 Å². The maximum atomic E-state index is 11.9. The summed E-state index contributed by atoms with van der Waals surface area (Å²) >= 11 is 0. The van der Waals surface area contributed by atoms with Crippen molar-refractivity contribution in [2.45, 2.75) is 98.3 Å². The lowest BCUT2D eigenvalue weighted by atomic mass is 9.95. The van der Waals surface area contributed by atoms with Crippen LogP contribution in [0.4, 0.5) is 0 Å². The van der Waals surface area contributed by atoms with Crippen LogP contribution in [0.25, 0.3) is 0 Å². The van der Waals surface area contributed by atoms with Crippen molar-refractivity contribution < 1.29 is 9.53 Å². The first-order valence-corrected chi connectivity index (χ1v) is 9.49. The Balaban J connectivity index is 3.82. The van der Waals surface area contributed by atoms with Gasteiger partial charge in [-0.1, -0.05) is 84.6 Å². The SMILES string of the molecule is CCCCCCCCOC(=O)C(C)=CCC(CC)CCCC. The Hall–Kier alpha value is -0.790. The summed E-state index contributed by atoms with van der Waals surface area (Å²) in [6.45, 7) is 9.15. The van der Waals surface area contributed by atoms with Crippen LogP contribution < -0.4 is 0 Å². The average molecular weight is 311 g/mol. The number of allylic oxidation sites excluding steroid dienone is 1. The summed E-state index contributed by atoms with van der Waals surface area (Å²) in [5.74, 6) is 0.583. The van der Waals surface area contributed by atoms with Crippen molar-refractivity contribution in [2.24, 2.45) is 5.92 Å². The minimum Gasteiger partial charge on any atom is -0.462 e. The normalized spacial score (nSPS) is 13.2. The van der Waals surface area contributed by atoms with Gasteiger partial charge >= 0.3 is 5.97 Å². The van der Waals surface area contributed by atoms with Gasteiger partial charge in [0.25, 0.3) is 0 Å². The van der Waals surface area contributed by atoms with E-state index in [4.69, 9.17) is 4.74 Å². The third-order valence-electron chi connectivity index (χ3n) is 4.35. The highest BCUT2D eigenvalue weighted by molar-refractivity contribution is 5.87. The molecule has 0 fully saturated rings. The molecule has 0 aromatic heterocycles. The molecule has 0 rings (SSSR count). The molecule has 2 nitrogen and oxygen atoms in total. The Labute approximate surface area is 138 Å². The lowest BCUT2D eigenvalue weighted by Gasteiger charge is -2.12. The van der Waals surface area contributed by atoms with E-state index in [-0.39, 0.29) is 5.97 Å². The quantitative estimate of drug-likeness (QED) is 0.209. The highest BCUT2D eigenvalue weighted by atomic mass is 16.5. The molecule has 0 saturated carbocycles. The Morgan fingerprint density at radius 2 is 1.59 bits per heavy atom. The molecule has 0 amide bonds. The molecule has 0 radical (unpaired) electrons. The van der Waals surface area contributed by atoms with Crippen LogP contribution in [0.5, 0.6) is 0 Å². The van der Waals surface area contributed by atoms with Gasteiger partial charge < -0.3 is 4.74 Å². The monoisotopic (exact) mass is 310 g/mol. The maximum absolute atomic E-state index is 11.9. The number of unbranched alkanes of at least 4 members (excludes halogenated alkanes) is 6. The third kappa shape index (κ3) is 11.8. The lowest BCUT2D eigenvalue weighted by Crippen LogP contribution is -2.08. The maximum Gasteiger partial charge on any atom is 0.333 e. The Kier molecular flexibility index (Phi) is 14.6. The van der Waals surface area contributed by atoms with E-state index >= 15 is 0 Å². The summed E-state index contributed by atoms with van der Waals surface area (Å²) in [6, 6.07) is 0. The van der Waals surface area contributed by atoms with Gasteiger partial charge in [0.15, 0.2) is 0 Å². The van der Waals surface area contributed by atoms with E-state index < -0.39 is 0 Å². The fraction of sp³-hybridized carbons (Fsp3) is 0.850. The van der Waals surface area contributed by atoms with E-state index in [9.17, 15) is 4.79 Å². The van der Waals surface area contributed by atoms with E-state index in [2.05, 4.69) is 26.8 Å². The van der Waals surface area contributed by atoms with Gasteiger partial charge in [-0.3, -0.25) is 0 Å². The zero-order chi connectivity index (χ0) is 16.6. The minimum absolute atomic E-state index is 0.126. The molecule has 0 aromatic carbocycles. The number of hydrogen-bond acceptors (Lipinski definition) is 2. The number of rotatable bonds is 14. The van der Waals surface area contributed by atoms with Crippen LogP contribution in [0.1, 0.15) is 98.3 Å². The lowest BCUT2D eigenvalue weighted by molar-refractivity contribution is -0.139. The number of hydrogen-bond donors (Lipinski definition) is 0. The fourth-order valence-electron chi connectivity index (χ4n) is 2.57. The van der Waals surface area contributed by atoms with E-state index in [1.807, 2.05) is 6.92 Å². The molecule has 0 bridgehead atoms. The van der Waals surface area contributed by atoms with Gasteiger partial charge in [-0.2, -0.15) is 0 Å². The van der Waals surface area contributed by atoms with E-state index in [0.717, 1.165) is 18.4 Å². The molecule has 0 heterocycles. The molecule has 0 saturated heterocycles. The zero-order valence-corrected chi connectivity index (χ0v) is 15.5. The molecule has 0 aromatic rings. The second-order valence-corrected chi connectivity index (χ2v) is 6.44. The molecule has 0 aliphatic heterocycles. The molecule has 1 unspecified atom stereocenters. The Morgan fingerprint density at radius 3 is 2.23 bits per heavy atom. The van der Waals surface area contributed by atoms with Crippen molar-refractivity contribution in [2.75, 3.05) is 6.61 Å². The van der Waals surface area contributed by atoms with Gasteiger partial charge in [0.2, 0.25) is 0 Å². The molecular formula is C20H38O2. The number of ether oxygens (including phenoxy) is 1. The van der Waals surface area contributed by atoms with Gasteiger partial charge in [-0.25, -0.2) is 4.79 Å². The predicted octanol–water partition coefficient (Wildman–Crippen LogP) is 6.44. The Morgan fingerprint density at radius 1 is 0.955 bits per heavy atom. The van der Waals surface area contributed by atoms with Crippen molar-refractivity contribution in [3.8, 4) is 0 Å². The van der Waals surface area contributed by atoms with Crippen molar-refractivity contribution in [1.29, 1.82) is 0 Å². The zero-order valence-electron chi connectivity index (χ0n) is 15.5. The first-order chi connectivity index (χ1) is 10.7. The average Bonchev–Trinajstić information content (AvgIpc) is 2.53. The van der Waals surface area contributed by atoms with Crippen molar-refractivity contribution >= 4 is 5.97 Å². The molecule has 1 atom stereocenters.